The molecule has 138 valence electrons. The fourth-order valence-electron chi connectivity index (χ4n) is 2.33. The Morgan fingerprint density at radius 2 is 1.80 bits per heavy atom. The predicted molar refractivity (Wildman–Crippen MR) is 96.6 cm³/mol. The molecular weight excluding hydrogens is 320 g/mol. The van der Waals surface area contributed by atoms with Crippen LogP contribution in [-0.4, -0.2) is 42.8 Å². The summed E-state index contributed by atoms with van der Waals surface area (Å²) in [5, 5.41) is 5.34. The Kier molecular flexibility index (Phi) is 9.42. The zero-order valence-electron chi connectivity index (χ0n) is 14.6. The third kappa shape index (κ3) is 7.91. The lowest BCUT2D eigenvalue weighted by molar-refractivity contribution is -0.130. The average Bonchev–Trinajstić information content (AvgIpc) is 2.61. The molecule has 0 heterocycles. The van der Waals surface area contributed by atoms with Gasteiger partial charge in [-0.1, -0.05) is 30.3 Å². The van der Waals surface area contributed by atoms with Crippen LogP contribution in [0, 0.1) is 0 Å². The number of hydrogen-bond acceptors (Lipinski definition) is 5. The molecule has 25 heavy (non-hydrogen) atoms. The molecule has 0 saturated heterocycles. The highest BCUT2D eigenvalue weighted by Crippen LogP contribution is 2.05. The second-order valence-electron chi connectivity index (χ2n) is 6.08. The molecule has 0 unspecified atom stereocenters. The molecule has 0 aliphatic rings. The van der Waals surface area contributed by atoms with Gasteiger partial charge < -0.3 is 26.9 Å². The molecule has 0 aliphatic carbocycles. The lowest BCUT2D eigenvalue weighted by Gasteiger charge is -2.22. The number of rotatable bonds is 11. The van der Waals surface area contributed by atoms with Crippen LogP contribution in [0.4, 0.5) is 0 Å². The maximum absolute atomic E-state index is 12.6. The second kappa shape index (κ2) is 11.3. The van der Waals surface area contributed by atoms with Crippen molar-refractivity contribution in [3.05, 3.63) is 35.9 Å². The van der Waals surface area contributed by atoms with Crippen LogP contribution in [0.5, 0.6) is 0 Å². The Labute approximate surface area is 148 Å². The van der Waals surface area contributed by atoms with Crippen LogP contribution in [0.3, 0.4) is 0 Å². The monoisotopic (exact) mass is 348 g/mol. The highest BCUT2D eigenvalue weighted by atomic mass is 16.2. The highest BCUT2D eigenvalue weighted by Gasteiger charge is 2.24. The molecule has 1 aromatic rings. The maximum Gasteiger partial charge on any atom is 0.243 e. The third-order valence-corrected chi connectivity index (χ3v) is 3.79. The molecule has 0 spiro atoms. The minimum atomic E-state index is -0.794. The Bertz CT molecular complexity index is 549. The Morgan fingerprint density at radius 3 is 2.36 bits per heavy atom. The van der Waals surface area contributed by atoms with Gasteiger partial charge in [0.15, 0.2) is 0 Å². The standard InChI is InChI=1S/C18H28N4O3/c1-13(20)17(24)22-16(11-14-7-3-2-4-8-14)18(25)21-15(12-23)9-5-6-10-19/h2-4,7-8,12-13,15-16H,5-6,9-11,19-20H2,1H3,(H,21,25)(H,22,24)/t13-,15+,16+/m1/s1. The van der Waals surface area contributed by atoms with Gasteiger partial charge in [0.25, 0.3) is 0 Å². The van der Waals surface area contributed by atoms with Gasteiger partial charge in [-0.2, -0.15) is 0 Å². The lowest BCUT2D eigenvalue weighted by atomic mass is 10.0. The predicted octanol–water partition coefficient (Wildman–Crippen LogP) is -0.126. The number of nitrogens with one attached hydrogen (secondary N) is 2. The molecule has 1 aromatic carbocycles. The molecule has 0 radical (unpaired) electrons. The summed E-state index contributed by atoms with van der Waals surface area (Å²) in [5.74, 6) is -0.815. The SMILES string of the molecule is C[C@@H](N)C(=O)N[C@@H](Cc1ccccc1)C(=O)N[C@H](C=O)CCCCN. The number of carbonyl (C=O) groups is 3. The molecule has 2 amide bonds. The van der Waals surface area contributed by atoms with E-state index in [-0.39, 0.29) is 0 Å². The molecule has 1 rings (SSSR count). The van der Waals surface area contributed by atoms with Gasteiger partial charge in [0.05, 0.1) is 12.1 Å². The summed E-state index contributed by atoms with van der Waals surface area (Å²) in [4.78, 5) is 35.7. The summed E-state index contributed by atoms with van der Waals surface area (Å²) in [5.41, 5.74) is 11.9. The fourth-order valence-corrected chi connectivity index (χ4v) is 2.33. The zero-order valence-corrected chi connectivity index (χ0v) is 14.6. The van der Waals surface area contributed by atoms with Gasteiger partial charge >= 0.3 is 0 Å². The molecule has 6 N–H and O–H groups in total. The van der Waals surface area contributed by atoms with Crippen molar-refractivity contribution in [1.29, 1.82) is 0 Å². The van der Waals surface area contributed by atoms with Crippen LogP contribution in [-0.2, 0) is 20.8 Å². The molecular formula is C18H28N4O3. The van der Waals surface area contributed by atoms with Gasteiger partial charge in [-0.25, -0.2) is 0 Å². The maximum atomic E-state index is 12.6. The van der Waals surface area contributed by atoms with Crippen LogP contribution in [0.25, 0.3) is 0 Å². The van der Waals surface area contributed by atoms with E-state index in [1.54, 1.807) is 6.92 Å². The second-order valence-corrected chi connectivity index (χ2v) is 6.08. The van der Waals surface area contributed by atoms with Crippen molar-refractivity contribution in [3.8, 4) is 0 Å². The summed E-state index contributed by atoms with van der Waals surface area (Å²) in [7, 11) is 0. The molecule has 7 nitrogen and oxygen atoms in total. The van der Waals surface area contributed by atoms with E-state index in [4.69, 9.17) is 11.5 Å². The minimum Gasteiger partial charge on any atom is -0.345 e. The Hall–Kier alpha value is -2.25. The van der Waals surface area contributed by atoms with Crippen molar-refractivity contribution >= 4 is 18.1 Å². The minimum absolute atomic E-state index is 0.319. The van der Waals surface area contributed by atoms with E-state index in [2.05, 4.69) is 10.6 Å². The van der Waals surface area contributed by atoms with E-state index in [1.165, 1.54) is 0 Å². The number of carbonyl (C=O) groups excluding carboxylic acids is 3. The molecule has 0 aliphatic heterocycles. The van der Waals surface area contributed by atoms with Gasteiger partial charge in [0.2, 0.25) is 11.8 Å². The van der Waals surface area contributed by atoms with Crippen LogP contribution < -0.4 is 22.1 Å². The van der Waals surface area contributed by atoms with Crippen molar-refractivity contribution in [2.24, 2.45) is 11.5 Å². The molecule has 0 aromatic heterocycles. The normalized spacial score (nSPS) is 14.2. The topological polar surface area (TPSA) is 127 Å². The number of benzene rings is 1. The number of nitrogens with two attached hydrogens (primary N) is 2. The van der Waals surface area contributed by atoms with Crippen molar-refractivity contribution < 1.29 is 14.4 Å². The number of aldehydes is 1. The summed E-state index contributed by atoms with van der Waals surface area (Å²) in [6.45, 7) is 2.09. The summed E-state index contributed by atoms with van der Waals surface area (Å²) >= 11 is 0. The van der Waals surface area contributed by atoms with Crippen molar-refractivity contribution in [1.82, 2.24) is 10.6 Å². The first-order chi connectivity index (χ1) is 12.0. The summed E-state index contributed by atoms with van der Waals surface area (Å²) < 4.78 is 0. The Balaban J connectivity index is 2.76. The summed E-state index contributed by atoms with van der Waals surface area (Å²) in [6.07, 6.45) is 3.08. The van der Waals surface area contributed by atoms with Gasteiger partial charge in [0.1, 0.15) is 12.3 Å². The van der Waals surface area contributed by atoms with Gasteiger partial charge in [-0.3, -0.25) is 9.59 Å². The molecule has 0 saturated carbocycles. The van der Waals surface area contributed by atoms with E-state index in [0.717, 1.165) is 18.4 Å². The first-order valence-corrected chi connectivity index (χ1v) is 8.53. The molecule has 0 fully saturated rings. The van der Waals surface area contributed by atoms with Crippen molar-refractivity contribution in [2.75, 3.05) is 6.54 Å². The van der Waals surface area contributed by atoms with E-state index >= 15 is 0 Å². The van der Waals surface area contributed by atoms with Gasteiger partial charge in [-0.15, -0.1) is 0 Å². The quantitative estimate of drug-likeness (QED) is 0.327. The van der Waals surface area contributed by atoms with Crippen LogP contribution in [0.1, 0.15) is 31.7 Å². The Morgan fingerprint density at radius 1 is 1.12 bits per heavy atom. The van der Waals surface area contributed by atoms with Crippen molar-refractivity contribution in [3.63, 3.8) is 0 Å². The van der Waals surface area contributed by atoms with Crippen LogP contribution in [0.15, 0.2) is 30.3 Å². The van der Waals surface area contributed by atoms with E-state index in [9.17, 15) is 14.4 Å². The van der Waals surface area contributed by atoms with E-state index in [0.29, 0.717) is 25.7 Å². The zero-order chi connectivity index (χ0) is 18.7. The molecule has 0 bridgehead atoms. The van der Waals surface area contributed by atoms with Gasteiger partial charge in [-0.05, 0) is 38.3 Å². The third-order valence-electron chi connectivity index (χ3n) is 3.79. The van der Waals surface area contributed by atoms with E-state index < -0.39 is 29.9 Å². The first-order valence-electron chi connectivity index (χ1n) is 8.53. The van der Waals surface area contributed by atoms with Crippen LogP contribution in [0.2, 0.25) is 0 Å². The fraction of sp³-hybridized carbons (Fsp3) is 0.500. The average molecular weight is 348 g/mol. The van der Waals surface area contributed by atoms with Gasteiger partial charge in [0, 0.05) is 6.42 Å². The largest absolute Gasteiger partial charge is 0.345 e. The number of amides is 2. The van der Waals surface area contributed by atoms with Crippen molar-refractivity contribution in [2.45, 2.75) is 50.7 Å². The van der Waals surface area contributed by atoms with E-state index in [1.807, 2.05) is 30.3 Å². The molecule has 3 atom stereocenters. The van der Waals surface area contributed by atoms with Crippen LogP contribution >= 0.6 is 0 Å². The number of hydrogen-bond donors (Lipinski definition) is 4. The summed E-state index contributed by atoms with van der Waals surface area (Å²) in [6, 6.07) is 7.23. The smallest absolute Gasteiger partial charge is 0.243 e. The number of unbranched alkanes of at least 4 members (excludes halogenated alkanes) is 1. The highest BCUT2D eigenvalue weighted by molar-refractivity contribution is 5.90. The lowest BCUT2D eigenvalue weighted by Crippen LogP contribution is -2.53. The first kappa shape index (κ1) is 20.8. The molecule has 7 heteroatoms.